The van der Waals surface area contributed by atoms with Gasteiger partial charge in [0.1, 0.15) is 5.75 Å². The molecular formula is C14H16N2O2. The van der Waals surface area contributed by atoms with E-state index in [1.54, 1.807) is 12.1 Å². The summed E-state index contributed by atoms with van der Waals surface area (Å²) < 4.78 is 1.84. The molecule has 0 amide bonds. The van der Waals surface area contributed by atoms with Gasteiger partial charge in [0.2, 0.25) is 0 Å². The zero-order chi connectivity index (χ0) is 13.1. The molecule has 18 heavy (non-hydrogen) atoms. The smallest absolute Gasteiger partial charge is 0.164 e. The van der Waals surface area contributed by atoms with Gasteiger partial charge in [-0.3, -0.25) is 9.48 Å². The number of hydrogen-bond donors (Lipinski definition) is 1. The fraction of sp³-hybridized carbons (Fsp3) is 0.286. The highest BCUT2D eigenvalue weighted by Crippen LogP contribution is 2.12. The Balaban J connectivity index is 2.00. The minimum atomic E-state index is 0.0579. The number of aromatic hydroxyl groups is 1. The van der Waals surface area contributed by atoms with Gasteiger partial charge in [0.25, 0.3) is 0 Å². The Morgan fingerprint density at radius 2 is 1.94 bits per heavy atom. The molecule has 2 rings (SSSR count). The fourth-order valence-corrected chi connectivity index (χ4v) is 1.90. The number of aryl methyl sites for hydroxylation is 3. The summed E-state index contributed by atoms with van der Waals surface area (Å²) in [5.41, 5.74) is 2.64. The number of rotatable bonds is 4. The Bertz CT molecular complexity index is 556. The van der Waals surface area contributed by atoms with Crippen LogP contribution in [-0.4, -0.2) is 20.7 Å². The van der Waals surface area contributed by atoms with Gasteiger partial charge in [0.15, 0.2) is 5.78 Å². The van der Waals surface area contributed by atoms with Crippen LogP contribution >= 0.6 is 0 Å². The SMILES string of the molecule is Cc1cc(C)n(CCC(=O)c2ccc(O)cc2)n1. The third-order valence-electron chi connectivity index (χ3n) is 2.84. The Kier molecular flexibility index (Phi) is 3.46. The quantitative estimate of drug-likeness (QED) is 0.841. The number of carbonyl (C=O) groups is 1. The average molecular weight is 244 g/mol. The molecule has 0 saturated carbocycles. The van der Waals surface area contributed by atoms with Gasteiger partial charge in [-0.25, -0.2) is 0 Å². The molecule has 1 heterocycles. The summed E-state index contributed by atoms with van der Waals surface area (Å²) in [4.78, 5) is 11.9. The van der Waals surface area contributed by atoms with Gasteiger partial charge >= 0.3 is 0 Å². The first-order chi connectivity index (χ1) is 8.56. The molecule has 1 N–H and O–H groups in total. The molecule has 1 aromatic heterocycles. The highest BCUT2D eigenvalue weighted by molar-refractivity contribution is 5.96. The van der Waals surface area contributed by atoms with Crippen molar-refractivity contribution >= 4 is 5.78 Å². The highest BCUT2D eigenvalue weighted by atomic mass is 16.3. The van der Waals surface area contributed by atoms with E-state index in [4.69, 9.17) is 5.11 Å². The van der Waals surface area contributed by atoms with Crippen molar-refractivity contribution < 1.29 is 9.90 Å². The molecule has 0 atom stereocenters. The Labute approximate surface area is 106 Å². The molecule has 0 aliphatic heterocycles. The fourth-order valence-electron chi connectivity index (χ4n) is 1.90. The molecule has 1 aromatic carbocycles. The number of phenolic OH excluding ortho intramolecular Hbond substituents is 1. The molecule has 4 heteroatoms. The third kappa shape index (κ3) is 2.77. The van der Waals surface area contributed by atoms with Crippen molar-refractivity contribution in [1.82, 2.24) is 9.78 Å². The molecule has 2 aromatic rings. The second kappa shape index (κ2) is 5.04. The predicted molar refractivity (Wildman–Crippen MR) is 68.8 cm³/mol. The summed E-state index contributed by atoms with van der Waals surface area (Å²) >= 11 is 0. The lowest BCUT2D eigenvalue weighted by Crippen LogP contribution is -2.08. The van der Waals surface area contributed by atoms with Gasteiger partial charge in [-0.15, -0.1) is 0 Å². The third-order valence-corrected chi connectivity index (χ3v) is 2.84. The van der Waals surface area contributed by atoms with E-state index < -0.39 is 0 Å². The van der Waals surface area contributed by atoms with Crippen molar-refractivity contribution in [2.75, 3.05) is 0 Å². The number of hydrogen-bond acceptors (Lipinski definition) is 3. The molecule has 0 radical (unpaired) electrons. The predicted octanol–water partition coefficient (Wildman–Crippen LogP) is 2.48. The lowest BCUT2D eigenvalue weighted by Gasteiger charge is -2.04. The standard InChI is InChI=1S/C14H16N2O2/c1-10-9-11(2)16(15-10)8-7-14(18)12-3-5-13(17)6-4-12/h3-6,9,17H,7-8H2,1-2H3. The number of aromatic nitrogens is 2. The molecule has 0 bridgehead atoms. The van der Waals surface area contributed by atoms with Gasteiger partial charge in [-0.1, -0.05) is 0 Å². The second-order valence-electron chi connectivity index (χ2n) is 4.37. The van der Waals surface area contributed by atoms with Crippen LogP contribution in [0.15, 0.2) is 30.3 Å². The van der Waals surface area contributed by atoms with Gasteiger partial charge in [-0.2, -0.15) is 5.10 Å². The van der Waals surface area contributed by atoms with E-state index in [1.807, 2.05) is 24.6 Å². The summed E-state index contributed by atoms with van der Waals surface area (Å²) in [6, 6.07) is 8.32. The van der Waals surface area contributed by atoms with E-state index in [0.29, 0.717) is 18.5 Å². The van der Waals surface area contributed by atoms with E-state index >= 15 is 0 Å². The maximum absolute atomic E-state index is 11.9. The molecule has 0 aliphatic rings. The second-order valence-corrected chi connectivity index (χ2v) is 4.37. The van der Waals surface area contributed by atoms with Crippen molar-refractivity contribution in [3.8, 4) is 5.75 Å². The van der Waals surface area contributed by atoms with Crippen LogP contribution in [0.3, 0.4) is 0 Å². The summed E-state index contributed by atoms with van der Waals surface area (Å²) in [5.74, 6) is 0.229. The van der Waals surface area contributed by atoms with Gasteiger partial charge in [-0.05, 0) is 44.2 Å². The molecule has 0 saturated heterocycles. The van der Waals surface area contributed by atoms with Crippen LogP contribution in [0.2, 0.25) is 0 Å². The highest BCUT2D eigenvalue weighted by Gasteiger charge is 2.07. The number of phenols is 1. The van der Waals surface area contributed by atoms with E-state index in [2.05, 4.69) is 5.10 Å². The lowest BCUT2D eigenvalue weighted by atomic mass is 10.1. The average Bonchev–Trinajstić information content (AvgIpc) is 2.66. The molecule has 0 spiro atoms. The van der Waals surface area contributed by atoms with E-state index in [1.165, 1.54) is 12.1 Å². The molecular weight excluding hydrogens is 228 g/mol. The largest absolute Gasteiger partial charge is 0.508 e. The molecule has 94 valence electrons. The molecule has 4 nitrogen and oxygen atoms in total. The number of carbonyl (C=O) groups excluding carboxylic acids is 1. The van der Waals surface area contributed by atoms with Crippen molar-refractivity contribution in [3.05, 3.63) is 47.3 Å². The summed E-state index contributed by atoms with van der Waals surface area (Å²) in [5, 5.41) is 13.5. The van der Waals surface area contributed by atoms with Crippen molar-refractivity contribution in [1.29, 1.82) is 0 Å². The summed E-state index contributed by atoms with van der Waals surface area (Å²) in [6.07, 6.45) is 0.409. The Hall–Kier alpha value is -2.10. The topological polar surface area (TPSA) is 55.1 Å². The number of benzene rings is 1. The van der Waals surface area contributed by atoms with Crippen LogP contribution in [0.1, 0.15) is 28.2 Å². The van der Waals surface area contributed by atoms with Gasteiger partial charge in [0, 0.05) is 24.2 Å². The van der Waals surface area contributed by atoms with E-state index in [9.17, 15) is 4.79 Å². The van der Waals surface area contributed by atoms with Crippen LogP contribution in [-0.2, 0) is 6.54 Å². The maximum atomic E-state index is 11.9. The Morgan fingerprint density at radius 1 is 1.28 bits per heavy atom. The van der Waals surface area contributed by atoms with Crippen LogP contribution < -0.4 is 0 Å². The van der Waals surface area contributed by atoms with Crippen molar-refractivity contribution in [2.24, 2.45) is 0 Å². The van der Waals surface area contributed by atoms with Crippen LogP contribution in [0.5, 0.6) is 5.75 Å². The summed E-state index contributed by atoms with van der Waals surface area (Å²) in [7, 11) is 0. The zero-order valence-electron chi connectivity index (χ0n) is 10.6. The van der Waals surface area contributed by atoms with E-state index in [-0.39, 0.29) is 11.5 Å². The summed E-state index contributed by atoms with van der Waals surface area (Å²) in [6.45, 7) is 4.50. The molecule has 0 unspecified atom stereocenters. The normalized spacial score (nSPS) is 10.6. The van der Waals surface area contributed by atoms with E-state index in [0.717, 1.165) is 11.4 Å². The number of nitrogens with zero attached hydrogens (tertiary/aromatic N) is 2. The van der Waals surface area contributed by atoms with Crippen LogP contribution in [0.4, 0.5) is 0 Å². The number of ketones is 1. The number of Topliss-reactive ketones (excluding diaryl/α,β-unsaturated/α-hetero) is 1. The maximum Gasteiger partial charge on any atom is 0.164 e. The van der Waals surface area contributed by atoms with Crippen LogP contribution in [0.25, 0.3) is 0 Å². The van der Waals surface area contributed by atoms with Crippen LogP contribution in [0, 0.1) is 13.8 Å². The van der Waals surface area contributed by atoms with Gasteiger partial charge in [0.05, 0.1) is 5.69 Å². The monoisotopic (exact) mass is 244 g/mol. The first kappa shape index (κ1) is 12.4. The lowest BCUT2D eigenvalue weighted by molar-refractivity contribution is 0.0975. The Morgan fingerprint density at radius 3 is 2.50 bits per heavy atom. The molecule has 0 fully saturated rings. The minimum absolute atomic E-state index is 0.0579. The van der Waals surface area contributed by atoms with Crippen molar-refractivity contribution in [3.63, 3.8) is 0 Å². The van der Waals surface area contributed by atoms with Gasteiger partial charge < -0.3 is 5.11 Å². The molecule has 0 aliphatic carbocycles. The first-order valence-electron chi connectivity index (χ1n) is 5.89. The van der Waals surface area contributed by atoms with Crippen molar-refractivity contribution in [2.45, 2.75) is 26.8 Å². The zero-order valence-corrected chi connectivity index (χ0v) is 10.6. The first-order valence-corrected chi connectivity index (χ1v) is 5.89. The minimum Gasteiger partial charge on any atom is -0.508 e.